The van der Waals surface area contributed by atoms with E-state index >= 15 is 0 Å². The van der Waals surface area contributed by atoms with Crippen LogP contribution in [0.1, 0.15) is 20.9 Å². The fourth-order valence-electron chi connectivity index (χ4n) is 2.29. The number of furan rings is 1. The monoisotopic (exact) mass is 313 g/mol. The van der Waals surface area contributed by atoms with Crippen LogP contribution in [0.5, 0.6) is 0 Å². The number of benzene rings is 1. The average Bonchev–Trinajstić information content (AvgIpc) is 3.09. The molecule has 1 aromatic heterocycles. The molecule has 0 unspecified atom stereocenters. The average molecular weight is 313 g/mol. The van der Waals surface area contributed by atoms with Crippen LogP contribution in [0.25, 0.3) is 0 Å². The van der Waals surface area contributed by atoms with E-state index in [4.69, 9.17) is 4.42 Å². The summed E-state index contributed by atoms with van der Waals surface area (Å²) in [4.78, 5) is 37.0. The Labute approximate surface area is 132 Å². The number of anilines is 1. The van der Waals surface area contributed by atoms with E-state index in [2.05, 4.69) is 10.6 Å². The highest BCUT2D eigenvalue weighted by Crippen LogP contribution is 2.13. The molecule has 3 rings (SSSR count). The molecule has 2 N–H and O–H groups in total. The summed E-state index contributed by atoms with van der Waals surface area (Å²) in [5.41, 5.74) is 1.02. The molecule has 7 nitrogen and oxygen atoms in total. The summed E-state index contributed by atoms with van der Waals surface area (Å²) in [5.74, 6) is -0.512. The number of hydrogen-bond acceptors (Lipinski definition) is 4. The number of hydrogen-bond donors (Lipinski definition) is 2. The number of nitrogens with zero attached hydrogens (tertiary/aromatic N) is 1. The van der Waals surface area contributed by atoms with Crippen LogP contribution in [0.4, 0.5) is 5.69 Å². The van der Waals surface area contributed by atoms with Crippen molar-refractivity contribution in [2.45, 2.75) is 0 Å². The topological polar surface area (TPSA) is 91.7 Å². The van der Waals surface area contributed by atoms with Gasteiger partial charge in [0.2, 0.25) is 5.91 Å². The molecule has 0 saturated carbocycles. The SMILES string of the molecule is O=C1CN(C(=O)c2ccc(NC(=O)c3ccco3)cc2)CCN1. The predicted octanol–water partition coefficient (Wildman–Crippen LogP) is 1.10. The molecule has 118 valence electrons. The van der Waals surface area contributed by atoms with Gasteiger partial charge in [-0.25, -0.2) is 0 Å². The zero-order valence-electron chi connectivity index (χ0n) is 12.2. The molecule has 0 aliphatic carbocycles. The first-order valence-corrected chi connectivity index (χ1v) is 7.14. The van der Waals surface area contributed by atoms with Crippen molar-refractivity contribution in [2.75, 3.05) is 25.0 Å². The third kappa shape index (κ3) is 3.39. The Bertz CT molecular complexity index is 722. The molecule has 2 aromatic rings. The second-order valence-electron chi connectivity index (χ2n) is 5.09. The maximum atomic E-state index is 12.3. The van der Waals surface area contributed by atoms with Gasteiger partial charge in [0.1, 0.15) is 0 Å². The minimum absolute atomic E-state index is 0.0653. The predicted molar refractivity (Wildman–Crippen MR) is 82.0 cm³/mol. The van der Waals surface area contributed by atoms with E-state index in [-0.39, 0.29) is 30.0 Å². The molecule has 0 bridgehead atoms. The number of nitrogens with one attached hydrogen (secondary N) is 2. The molecule has 1 aliphatic rings. The largest absolute Gasteiger partial charge is 0.459 e. The second-order valence-corrected chi connectivity index (χ2v) is 5.09. The summed E-state index contributed by atoms with van der Waals surface area (Å²) in [6.07, 6.45) is 1.42. The van der Waals surface area contributed by atoms with Crippen molar-refractivity contribution in [3.63, 3.8) is 0 Å². The van der Waals surface area contributed by atoms with Gasteiger partial charge in [-0.15, -0.1) is 0 Å². The zero-order valence-corrected chi connectivity index (χ0v) is 12.2. The fraction of sp³-hybridized carbons (Fsp3) is 0.188. The second kappa shape index (κ2) is 6.35. The van der Waals surface area contributed by atoms with Gasteiger partial charge >= 0.3 is 0 Å². The third-order valence-electron chi connectivity index (χ3n) is 3.46. The van der Waals surface area contributed by atoms with E-state index in [9.17, 15) is 14.4 Å². The molecule has 1 aliphatic heterocycles. The Hall–Kier alpha value is -3.09. The lowest BCUT2D eigenvalue weighted by atomic mass is 10.1. The molecular weight excluding hydrogens is 298 g/mol. The van der Waals surface area contributed by atoms with Crippen LogP contribution in [0.15, 0.2) is 47.1 Å². The van der Waals surface area contributed by atoms with Crippen molar-refractivity contribution in [3.05, 3.63) is 54.0 Å². The molecule has 0 radical (unpaired) electrons. The number of piperazine rings is 1. The minimum atomic E-state index is -0.359. The van der Waals surface area contributed by atoms with E-state index in [0.717, 1.165) is 0 Å². The maximum Gasteiger partial charge on any atom is 0.291 e. The van der Waals surface area contributed by atoms with E-state index in [0.29, 0.717) is 24.3 Å². The summed E-state index contributed by atoms with van der Waals surface area (Å²) in [6.45, 7) is 1.01. The Morgan fingerprint density at radius 3 is 2.61 bits per heavy atom. The molecule has 1 fully saturated rings. The van der Waals surface area contributed by atoms with Crippen LogP contribution in [0, 0.1) is 0 Å². The molecule has 1 aromatic carbocycles. The molecular formula is C16H15N3O4. The Morgan fingerprint density at radius 1 is 1.17 bits per heavy atom. The summed E-state index contributed by atoms with van der Waals surface area (Å²) < 4.78 is 5.01. The normalized spacial score (nSPS) is 14.3. The molecule has 3 amide bonds. The van der Waals surface area contributed by atoms with Crippen LogP contribution >= 0.6 is 0 Å². The van der Waals surface area contributed by atoms with Crippen molar-refractivity contribution in [2.24, 2.45) is 0 Å². The van der Waals surface area contributed by atoms with Gasteiger partial charge in [-0.3, -0.25) is 14.4 Å². The highest BCUT2D eigenvalue weighted by atomic mass is 16.3. The summed E-state index contributed by atoms with van der Waals surface area (Å²) in [7, 11) is 0. The smallest absolute Gasteiger partial charge is 0.291 e. The Balaban J connectivity index is 1.66. The van der Waals surface area contributed by atoms with Crippen molar-refractivity contribution in [3.8, 4) is 0 Å². The van der Waals surface area contributed by atoms with Crippen molar-refractivity contribution in [1.29, 1.82) is 0 Å². The Kier molecular flexibility index (Phi) is 4.09. The van der Waals surface area contributed by atoms with Crippen molar-refractivity contribution in [1.82, 2.24) is 10.2 Å². The minimum Gasteiger partial charge on any atom is -0.459 e. The van der Waals surface area contributed by atoms with E-state index < -0.39 is 0 Å². The van der Waals surface area contributed by atoms with Crippen molar-refractivity contribution >= 4 is 23.4 Å². The van der Waals surface area contributed by atoms with Gasteiger partial charge < -0.3 is 20.0 Å². The number of rotatable bonds is 3. The number of carbonyl (C=O) groups excluding carboxylic acids is 3. The van der Waals surface area contributed by atoms with Gasteiger partial charge in [0, 0.05) is 24.3 Å². The van der Waals surface area contributed by atoms with Crippen molar-refractivity contribution < 1.29 is 18.8 Å². The quantitative estimate of drug-likeness (QED) is 0.888. The standard InChI is InChI=1S/C16H15N3O4/c20-14-10-19(8-7-17-14)16(22)11-3-5-12(6-4-11)18-15(21)13-2-1-9-23-13/h1-6,9H,7-8,10H2,(H,17,20)(H,18,21). The molecule has 7 heteroatoms. The lowest BCUT2D eigenvalue weighted by Gasteiger charge is -2.26. The summed E-state index contributed by atoms with van der Waals surface area (Å²) in [5, 5.41) is 5.35. The molecule has 0 spiro atoms. The van der Waals surface area contributed by atoms with E-state index in [1.165, 1.54) is 11.2 Å². The van der Waals surface area contributed by atoms with Crippen LogP contribution in [-0.2, 0) is 4.79 Å². The molecule has 0 atom stereocenters. The van der Waals surface area contributed by atoms with Gasteiger partial charge in [0.15, 0.2) is 5.76 Å². The highest BCUT2D eigenvalue weighted by molar-refractivity contribution is 6.02. The lowest BCUT2D eigenvalue weighted by Crippen LogP contribution is -2.49. The van der Waals surface area contributed by atoms with Crippen LogP contribution in [0.3, 0.4) is 0 Å². The first kappa shape index (κ1) is 14.8. The summed E-state index contributed by atoms with van der Waals surface area (Å²) >= 11 is 0. The Morgan fingerprint density at radius 2 is 1.96 bits per heavy atom. The number of carbonyl (C=O) groups is 3. The first-order valence-electron chi connectivity index (χ1n) is 7.14. The van der Waals surface area contributed by atoms with Crippen LogP contribution < -0.4 is 10.6 Å². The molecule has 2 heterocycles. The van der Waals surface area contributed by atoms with Gasteiger partial charge in [0.25, 0.3) is 11.8 Å². The lowest BCUT2D eigenvalue weighted by molar-refractivity contribution is -0.123. The van der Waals surface area contributed by atoms with Crippen LogP contribution in [-0.4, -0.2) is 42.3 Å². The number of amides is 3. The first-order chi connectivity index (χ1) is 11.1. The molecule has 23 heavy (non-hydrogen) atoms. The molecule has 1 saturated heterocycles. The van der Waals surface area contributed by atoms with Gasteiger partial charge in [-0.1, -0.05) is 0 Å². The van der Waals surface area contributed by atoms with Gasteiger partial charge in [-0.2, -0.15) is 0 Å². The zero-order chi connectivity index (χ0) is 16.2. The van der Waals surface area contributed by atoms with Crippen LogP contribution in [0.2, 0.25) is 0 Å². The van der Waals surface area contributed by atoms with Gasteiger partial charge in [-0.05, 0) is 36.4 Å². The summed E-state index contributed by atoms with van der Waals surface area (Å²) in [6, 6.07) is 9.70. The van der Waals surface area contributed by atoms with Gasteiger partial charge in [0.05, 0.1) is 12.8 Å². The highest BCUT2D eigenvalue weighted by Gasteiger charge is 2.22. The van der Waals surface area contributed by atoms with E-state index in [1.54, 1.807) is 36.4 Å². The third-order valence-corrected chi connectivity index (χ3v) is 3.46. The fourth-order valence-corrected chi connectivity index (χ4v) is 2.29. The van der Waals surface area contributed by atoms with E-state index in [1.807, 2.05) is 0 Å². The maximum absolute atomic E-state index is 12.3.